The number of hydrogen-bond donors (Lipinski definition) is 0. The molecule has 0 saturated carbocycles. The van der Waals surface area contributed by atoms with Crippen LogP contribution in [0.5, 0.6) is 0 Å². The van der Waals surface area contributed by atoms with Gasteiger partial charge in [0.15, 0.2) is 0 Å². The zero-order valence-electron chi connectivity index (χ0n) is 13.6. The van der Waals surface area contributed by atoms with E-state index in [-0.39, 0.29) is 11.1 Å². The van der Waals surface area contributed by atoms with Crippen LogP contribution < -0.4 is 0 Å². The number of hydrogen-bond acceptors (Lipinski definition) is 4. The molecule has 3 rings (SSSR count). The van der Waals surface area contributed by atoms with Crippen LogP contribution in [0.1, 0.15) is 15.9 Å². The SMILES string of the molecule is Cn1cc(/C=C(\C#N)C(=O)c2cc(Cl)cc(Cl)c2)c(-c2ccncc2)n1. The van der Waals surface area contributed by atoms with Crippen LogP contribution >= 0.6 is 23.2 Å². The fraction of sp³-hybridized carbons (Fsp3) is 0.0526. The lowest BCUT2D eigenvalue weighted by Gasteiger charge is -2.02. The van der Waals surface area contributed by atoms with Gasteiger partial charge in [-0.2, -0.15) is 10.4 Å². The van der Waals surface area contributed by atoms with Crippen molar-refractivity contribution in [1.82, 2.24) is 14.8 Å². The molecule has 1 aromatic carbocycles. The smallest absolute Gasteiger partial charge is 0.203 e. The van der Waals surface area contributed by atoms with Crippen molar-refractivity contribution in [3.05, 3.63) is 75.7 Å². The van der Waals surface area contributed by atoms with Crippen molar-refractivity contribution in [2.24, 2.45) is 7.05 Å². The van der Waals surface area contributed by atoms with E-state index in [9.17, 15) is 10.1 Å². The lowest BCUT2D eigenvalue weighted by Crippen LogP contribution is -2.02. The average molecular weight is 383 g/mol. The number of benzene rings is 1. The molecule has 0 saturated heterocycles. The van der Waals surface area contributed by atoms with Gasteiger partial charge in [-0.3, -0.25) is 14.5 Å². The summed E-state index contributed by atoms with van der Waals surface area (Å²) in [6, 6.07) is 10.1. The molecule has 0 spiro atoms. The van der Waals surface area contributed by atoms with E-state index in [1.54, 1.807) is 30.3 Å². The first-order chi connectivity index (χ1) is 12.5. The van der Waals surface area contributed by atoms with E-state index >= 15 is 0 Å². The summed E-state index contributed by atoms with van der Waals surface area (Å²) < 4.78 is 1.62. The molecule has 0 radical (unpaired) electrons. The van der Waals surface area contributed by atoms with Crippen LogP contribution in [0.15, 0.2) is 54.5 Å². The number of pyridine rings is 1. The molecular formula is C19H12Cl2N4O. The number of Topliss-reactive ketones (excluding diaryl/α,β-unsaturated/α-hetero) is 1. The predicted molar refractivity (Wildman–Crippen MR) is 101 cm³/mol. The molecule has 7 heteroatoms. The molecule has 0 fully saturated rings. The Balaban J connectivity index is 2.06. The molecule has 0 N–H and O–H groups in total. The molecule has 0 bridgehead atoms. The van der Waals surface area contributed by atoms with E-state index in [2.05, 4.69) is 10.1 Å². The standard InChI is InChI=1S/C19H12Cl2N4O/c1-25-11-15(18(24-25)12-2-4-23-5-3-12)6-14(10-22)19(26)13-7-16(20)9-17(21)8-13/h2-9,11H,1H3/b14-6+. The van der Waals surface area contributed by atoms with Crippen molar-refractivity contribution in [1.29, 1.82) is 5.26 Å². The van der Waals surface area contributed by atoms with Crippen molar-refractivity contribution in [3.63, 3.8) is 0 Å². The van der Waals surface area contributed by atoms with Crippen LogP contribution in [0, 0.1) is 11.3 Å². The second kappa shape index (κ2) is 7.52. The number of nitriles is 1. The molecule has 0 aliphatic rings. The average Bonchev–Trinajstić information content (AvgIpc) is 2.99. The molecule has 0 unspecified atom stereocenters. The minimum absolute atomic E-state index is 0.0355. The Kier molecular flexibility index (Phi) is 5.17. The summed E-state index contributed by atoms with van der Waals surface area (Å²) in [5.74, 6) is -0.457. The summed E-state index contributed by atoms with van der Waals surface area (Å²) in [5, 5.41) is 14.6. The van der Waals surface area contributed by atoms with Gasteiger partial charge in [-0.25, -0.2) is 0 Å². The third-order valence-electron chi connectivity index (χ3n) is 3.60. The molecule has 0 amide bonds. The van der Waals surface area contributed by atoms with Crippen LogP contribution in [0.25, 0.3) is 17.3 Å². The van der Waals surface area contributed by atoms with Gasteiger partial charge >= 0.3 is 0 Å². The summed E-state index contributed by atoms with van der Waals surface area (Å²) >= 11 is 11.9. The van der Waals surface area contributed by atoms with Crippen LogP contribution in [-0.4, -0.2) is 20.5 Å². The summed E-state index contributed by atoms with van der Waals surface area (Å²) in [6.07, 6.45) is 6.56. The fourth-order valence-corrected chi connectivity index (χ4v) is 3.02. The Morgan fingerprint density at radius 1 is 1.19 bits per heavy atom. The first-order valence-corrected chi connectivity index (χ1v) is 8.30. The van der Waals surface area contributed by atoms with Crippen molar-refractivity contribution in [3.8, 4) is 17.3 Å². The largest absolute Gasteiger partial charge is 0.288 e. The lowest BCUT2D eigenvalue weighted by molar-refractivity contribution is 0.104. The van der Waals surface area contributed by atoms with Gasteiger partial charge in [-0.1, -0.05) is 23.2 Å². The Morgan fingerprint density at radius 3 is 2.46 bits per heavy atom. The molecule has 2 heterocycles. The summed E-state index contributed by atoms with van der Waals surface area (Å²) in [6.45, 7) is 0. The van der Waals surface area contributed by atoms with Crippen LogP contribution in [-0.2, 0) is 7.05 Å². The number of rotatable bonds is 4. The van der Waals surface area contributed by atoms with E-state index < -0.39 is 5.78 Å². The zero-order valence-corrected chi connectivity index (χ0v) is 15.2. The summed E-state index contributed by atoms with van der Waals surface area (Å²) in [4.78, 5) is 16.7. The van der Waals surface area contributed by atoms with Gasteiger partial charge in [0.1, 0.15) is 11.6 Å². The molecule has 0 aliphatic carbocycles. The number of aromatic nitrogens is 3. The molecule has 0 aliphatic heterocycles. The minimum Gasteiger partial charge on any atom is -0.288 e. The maximum Gasteiger partial charge on any atom is 0.203 e. The molecule has 0 atom stereocenters. The zero-order chi connectivity index (χ0) is 18.7. The number of halogens is 2. The Labute approximate surface area is 160 Å². The van der Waals surface area contributed by atoms with Crippen LogP contribution in [0.3, 0.4) is 0 Å². The second-order valence-electron chi connectivity index (χ2n) is 5.50. The van der Waals surface area contributed by atoms with Crippen molar-refractivity contribution < 1.29 is 4.79 Å². The monoisotopic (exact) mass is 382 g/mol. The quantitative estimate of drug-likeness (QED) is 0.376. The highest BCUT2D eigenvalue weighted by Gasteiger charge is 2.16. The molecular weight excluding hydrogens is 371 g/mol. The highest BCUT2D eigenvalue weighted by molar-refractivity contribution is 6.35. The molecule has 2 aromatic heterocycles. The third kappa shape index (κ3) is 3.83. The highest BCUT2D eigenvalue weighted by atomic mass is 35.5. The number of allylic oxidation sites excluding steroid dienone is 1. The highest BCUT2D eigenvalue weighted by Crippen LogP contribution is 2.25. The first kappa shape index (κ1) is 17.9. The number of nitrogens with zero attached hydrogens (tertiary/aromatic N) is 4. The molecule has 128 valence electrons. The number of ketones is 1. The van der Waals surface area contributed by atoms with E-state index in [1.165, 1.54) is 24.3 Å². The van der Waals surface area contributed by atoms with Crippen molar-refractivity contribution in [2.75, 3.05) is 0 Å². The van der Waals surface area contributed by atoms with E-state index in [4.69, 9.17) is 23.2 Å². The lowest BCUT2D eigenvalue weighted by atomic mass is 10.0. The molecule has 3 aromatic rings. The Hall–Kier alpha value is -2.94. The Morgan fingerprint density at radius 2 is 1.85 bits per heavy atom. The van der Waals surface area contributed by atoms with E-state index in [1.807, 2.05) is 18.2 Å². The van der Waals surface area contributed by atoms with Gasteiger partial charge in [-0.15, -0.1) is 0 Å². The maximum atomic E-state index is 12.7. The third-order valence-corrected chi connectivity index (χ3v) is 4.04. The van der Waals surface area contributed by atoms with Gasteiger partial charge in [0.25, 0.3) is 0 Å². The van der Waals surface area contributed by atoms with Crippen LogP contribution in [0.2, 0.25) is 10.0 Å². The molecule has 5 nitrogen and oxygen atoms in total. The summed E-state index contributed by atoms with van der Waals surface area (Å²) in [7, 11) is 1.77. The minimum atomic E-state index is -0.457. The second-order valence-corrected chi connectivity index (χ2v) is 6.37. The predicted octanol–water partition coefficient (Wildman–Crippen LogP) is 4.58. The van der Waals surface area contributed by atoms with E-state index in [0.717, 1.165) is 5.56 Å². The van der Waals surface area contributed by atoms with Gasteiger partial charge in [0, 0.05) is 52.4 Å². The number of aryl methyl sites for hydroxylation is 1. The van der Waals surface area contributed by atoms with Crippen LogP contribution in [0.4, 0.5) is 0 Å². The number of carbonyl (C=O) groups excluding carboxylic acids is 1. The first-order valence-electron chi connectivity index (χ1n) is 7.54. The fourth-order valence-electron chi connectivity index (χ4n) is 2.49. The van der Waals surface area contributed by atoms with Crippen molar-refractivity contribution >= 4 is 35.1 Å². The molecule has 26 heavy (non-hydrogen) atoms. The van der Waals surface area contributed by atoms with Gasteiger partial charge in [0.05, 0.1) is 5.69 Å². The maximum absolute atomic E-state index is 12.7. The van der Waals surface area contributed by atoms with Gasteiger partial charge in [-0.05, 0) is 36.4 Å². The van der Waals surface area contributed by atoms with E-state index in [0.29, 0.717) is 21.3 Å². The number of carbonyl (C=O) groups is 1. The topological polar surface area (TPSA) is 71.6 Å². The normalized spacial score (nSPS) is 11.2. The summed E-state index contributed by atoms with van der Waals surface area (Å²) in [5.41, 5.74) is 2.36. The van der Waals surface area contributed by atoms with Gasteiger partial charge < -0.3 is 0 Å². The van der Waals surface area contributed by atoms with Crippen molar-refractivity contribution in [2.45, 2.75) is 0 Å². The Bertz CT molecular complexity index is 1030. The van der Waals surface area contributed by atoms with Gasteiger partial charge in [0.2, 0.25) is 5.78 Å².